The molecule has 3 rings (SSSR count). The van der Waals surface area contributed by atoms with Gasteiger partial charge in [0, 0.05) is 10.9 Å². The molecule has 1 aliphatic carbocycles. The maximum atomic E-state index is 5.97. The average Bonchev–Trinajstić information content (AvgIpc) is 2.60. The van der Waals surface area contributed by atoms with Crippen molar-refractivity contribution in [1.82, 2.24) is 0 Å². The van der Waals surface area contributed by atoms with Gasteiger partial charge in [0.1, 0.15) is 11.3 Å². The van der Waals surface area contributed by atoms with Gasteiger partial charge in [-0.05, 0) is 37.8 Å². The van der Waals surface area contributed by atoms with Crippen molar-refractivity contribution in [2.45, 2.75) is 26.7 Å². The van der Waals surface area contributed by atoms with E-state index in [4.69, 9.17) is 4.42 Å². The Bertz CT molecular complexity index is 558. The summed E-state index contributed by atoms with van der Waals surface area (Å²) in [7, 11) is 0. The highest BCUT2D eigenvalue weighted by atomic mass is 16.3. The molecule has 0 saturated carbocycles. The zero-order valence-corrected chi connectivity index (χ0v) is 9.13. The van der Waals surface area contributed by atoms with E-state index in [9.17, 15) is 0 Å². The first-order chi connectivity index (χ1) is 7.27. The van der Waals surface area contributed by atoms with E-state index in [-0.39, 0.29) is 0 Å². The Morgan fingerprint density at radius 1 is 1.20 bits per heavy atom. The lowest BCUT2D eigenvalue weighted by Crippen LogP contribution is -1.93. The predicted molar refractivity (Wildman–Crippen MR) is 62.9 cm³/mol. The van der Waals surface area contributed by atoms with E-state index in [0.717, 1.165) is 24.2 Å². The Kier molecular flexibility index (Phi) is 1.75. The van der Waals surface area contributed by atoms with Crippen molar-refractivity contribution in [2.75, 3.05) is 0 Å². The van der Waals surface area contributed by atoms with Gasteiger partial charge in [-0.1, -0.05) is 24.3 Å². The third-order valence-corrected chi connectivity index (χ3v) is 3.22. The van der Waals surface area contributed by atoms with E-state index >= 15 is 0 Å². The molecule has 2 aromatic rings. The van der Waals surface area contributed by atoms with Gasteiger partial charge in [-0.25, -0.2) is 0 Å². The Balaban J connectivity index is 2.42. The molecule has 0 aliphatic heterocycles. The SMILES string of the molecule is CC1=CCCc2c1oc1c(C)cccc21. The van der Waals surface area contributed by atoms with E-state index in [2.05, 4.69) is 38.1 Å². The normalized spacial score (nSPS) is 15.2. The number of fused-ring (bicyclic) bond motifs is 3. The number of rotatable bonds is 0. The number of aryl methyl sites for hydroxylation is 2. The summed E-state index contributed by atoms with van der Waals surface area (Å²) in [5.74, 6) is 1.10. The van der Waals surface area contributed by atoms with Crippen LogP contribution in [-0.4, -0.2) is 0 Å². The topological polar surface area (TPSA) is 13.1 Å². The quantitative estimate of drug-likeness (QED) is 0.621. The van der Waals surface area contributed by atoms with Crippen LogP contribution in [-0.2, 0) is 6.42 Å². The highest BCUT2D eigenvalue weighted by Gasteiger charge is 2.18. The van der Waals surface area contributed by atoms with Crippen LogP contribution in [0.25, 0.3) is 16.5 Å². The van der Waals surface area contributed by atoms with Crippen LogP contribution in [0.5, 0.6) is 0 Å². The minimum atomic E-state index is 1.07. The molecule has 0 N–H and O–H groups in total. The molecular formula is C14H14O. The number of hydrogen-bond acceptors (Lipinski definition) is 1. The maximum Gasteiger partial charge on any atom is 0.137 e. The van der Waals surface area contributed by atoms with Crippen LogP contribution in [0.1, 0.15) is 30.2 Å². The van der Waals surface area contributed by atoms with Crippen LogP contribution in [0.15, 0.2) is 28.7 Å². The minimum absolute atomic E-state index is 1.07. The molecule has 0 unspecified atom stereocenters. The summed E-state index contributed by atoms with van der Waals surface area (Å²) < 4.78 is 5.97. The van der Waals surface area contributed by atoms with E-state index in [0.29, 0.717) is 0 Å². The summed E-state index contributed by atoms with van der Waals surface area (Å²) >= 11 is 0. The van der Waals surface area contributed by atoms with Gasteiger partial charge in [0.2, 0.25) is 0 Å². The largest absolute Gasteiger partial charge is 0.456 e. The van der Waals surface area contributed by atoms with E-state index in [1.165, 1.54) is 22.1 Å². The van der Waals surface area contributed by atoms with Crippen molar-refractivity contribution in [2.24, 2.45) is 0 Å². The van der Waals surface area contributed by atoms with Crippen molar-refractivity contribution in [3.8, 4) is 0 Å². The summed E-state index contributed by atoms with van der Waals surface area (Å²) in [5.41, 5.74) is 4.98. The van der Waals surface area contributed by atoms with Crippen LogP contribution in [0.3, 0.4) is 0 Å². The Hall–Kier alpha value is -1.50. The fraction of sp³-hybridized carbons (Fsp3) is 0.286. The first-order valence-corrected chi connectivity index (χ1v) is 5.45. The first-order valence-electron chi connectivity index (χ1n) is 5.45. The highest BCUT2D eigenvalue weighted by Crippen LogP contribution is 2.35. The van der Waals surface area contributed by atoms with Crippen molar-refractivity contribution in [1.29, 1.82) is 0 Å². The lowest BCUT2D eigenvalue weighted by Gasteiger charge is -2.07. The molecule has 0 radical (unpaired) electrons. The number of allylic oxidation sites excluding steroid dienone is 2. The summed E-state index contributed by atoms with van der Waals surface area (Å²) in [4.78, 5) is 0. The Morgan fingerprint density at radius 2 is 2.07 bits per heavy atom. The molecule has 1 heteroatoms. The van der Waals surface area contributed by atoms with Crippen molar-refractivity contribution >= 4 is 16.5 Å². The van der Waals surface area contributed by atoms with Gasteiger partial charge in [0.25, 0.3) is 0 Å². The van der Waals surface area contributed by atoms with Gasteiger partial charge < -0.3 is 4.42 Å². The van der Waals surface area contributed by atoms with Gasteiger partial charge in [-0.2, -0.15) is 0 Å². The summed E-state index contributed by atoms with van der Waals surface area (Å²) in [6.45, 7) is 4.24. The molecule has 1 nitrogen and oxygen atoms in total. The smallest absolute Gasteiger partial charge is 0.137 e. The average molecular weight is 198 g/mol. The molecule has 0 bridgehead atoms. The van der Waals surface area contributed by atoms with E-state index in [1.54, 1.807) is 0 Å². The molecule has 76 valence electrons. The Labute approximate surface area is 89.4 Å². The monoisotopic (exact) mass is 198 g/mol. The molecule has 1 aromatic carbocycles. The van der Waals surface area contributed by atoms with Gasteiger partial charge in [0.05, 0.1) is 0 Å². The molecule has 0 saturated heterocycles. The lowest BCUT2D eigenvalue weighted by atomic mass is 9.96. The van der Waals surface area contributed by atoms with Crippen molar-refractivity contribution < 1.29 is 4.42 Å². The Morgan fingerprint density at radius 3 is 2.93 bits per heavy atom. The van der Waals surface area contributed by atoms with Gasteiger partial charge in [-0.15, -0.1) is 0 Å². The summed E-state index contributed by atoms with van der Waals surface area (Å²) in [5, 5.41) is 1.30. The molecule has 1 aromatic heterocycles. The molecule has 1 aliphatic rings. The number of hydrogen-bond donors (Lipinski definition) is 0. The van der Waals surface area contributed by atoms with Gasteiger partial charge in [-0.3, -0.25) is 0 Å². The highest BCUT2D eigenvalue weighted by molar-refractivity contribution is 5.89. The number of benzene rings is 1. The van der Waals surface area contributed by atoms with Crippen LogP contribution in [0.2, 0.25) is 0 Å². The van der Waals surface area contributed by atoms with E-state index < -0.39 is 0 Å². The summed E-state index contributed by atoms with van der Waals surface area (Å²) in [6, 6.07) is 6.39. The van der Waals surface area contributed by atoms with Crippen LogP contribution in [0, 0.1) is 6.92 Å². The number of para-hydroxylation sites is 1. The molecule has 0 spiro atoms. The molecule has 0 atom stereocenters. The summed E-state index contributed by atoms with van der Waals surface area (Å²) in [6.07, 6.45) is 4.52. The minimum Gasteiger partial charge on any atom is -0.456 e. The molecule has 15 heavy (non-hydrogen) atoms. The van der Waals surface area contributed by atoms with Crippen LogP contribution < -0.4 is 0 Å². The molecule has 0 amide bonds. The first kappa shape index (κ1) is 8.78. The fourth-order valence-corrected chi connectivity index (χ4v) is 2.40. The van der Waals surface area contributed by atoms with Gasteiger partial charge in [0.15, 0.2) is 0 Å². The standard InChI is InChI=1S/C14H14O/c1-9-5-3-7-11-12-8-4-6-10(2)14(12)15-13(9)11/h3,5-7H,4,8H2,1-2H3. The second kappa shape index (κ2) is 2.99. The van der Waals surface area contributed by atoms with Crippen LogP contribution >= 0.6 is 0 Å². The third-order valence-electron chi connectivity index (χ3n) is 3.22. The molecular weight excluding hydrogens is 184 g/mol. The molecule has 1 heterocycles. The number of furan rings is 1. The van der Waals surface area contributed by atoms with Crippen molar-refractivity contribution in [3.05, 3.63) is 41.2 Å². The predicted octanol–water partition coefficient (Wildman–Crippen LogP) is 4.09. The zero-order chi connectivity index (χ0) is 10.4. The lowest BCUT2D eigenvalue weighted by molar-refractivity contribution is 0.587. The van der Waals surface area contributed by atoms with E-state index in [1.807, 2.05) is 0 Å². The van der Waals surface area contributed by atoms with Crippen LogP contribution in [0.4, 0.5) is 0 Å². The fourth-order valence-electron chi connectivity index (χ4n) is 2.40. The van der Waals surface area contributed by atoms with Gasteiger partial charge >= 0.3 is 0 Å². The third kappa shape index (κ3) is 1.16. The zero-order valence-electron chi connectivity index (χ0n) is 9.13. The van der Waals surface area contributed by atoms with Crippen molar-refractivity contribution in [3.63, 3.8) is 0 Å². The second-order valence-corrected chi connectivity index (χ2v) is 4.29. The molecule has 0 fully saturated rings. The maximum absolute atomic E-state index is 5.97. The second-order valence-electron chi connectivity index (χ2n) is 4.29.